The summed E-state index contributed by atoms with van der Waals surface area (Å²) in [6.07, 6.45) is 1.68. The number of ether oxygens (including phenoxy) is 2. The van der Waals surface area contributed by atoms with E-state index in [-0.39, 0.29) is 12.5 Å². The lowest BCUT2D eigenvalue weighted by atomic mass is 10.1. The second-order valence-corrected chi connectivity index (χ2v) is 7.24. The predicted molar refractivity (Wildman–Crippen MR) is 119 cm³/mol. The number of hydrogen-bond acceptors (Lipinski definition) is 6. The molecule has 0 unspecified atom stereocenters. The molecule has 0 aliphatic heterocycles. The van der Waals surface area contributed by atoms with Gasteiger partial charge in [0.1, 0.15) is 12.4 Å². The van der Waals surface area contributed by atoms with Crippen molar-refractivity contribution in [3.8, 4) is 17.6 Å². The summed E-state index contributed by atoms with van der Waals surface area (Å²) >= 11 is 0. The van der Waals surface area contributed by atoms with Crippen LogP contribution >= 0.6 is 0 Å². The van der Waals surface area contributed by atoms with Crippen LogP contribution < -0.4 is 9.47 Å². The van der Waals surface area contributed by atoms with Gasteiger partial charge in [-0.3, -0.25) is 4.79 Å². The molecule has 2 aromatic carbocycles. The van der Waals surface area contributed by atoms with Crippen LogP contribution in [-0.2, 0) is 13.2 Å². The third kappa shape index (κ3) is 5.16. The minimum Gasteiger partial charge on any atom is -0.493 e. The highest BCUT2D eigenvalue weighted by Gasteiger charge is 2.18. The Morgan fingerprint density at radius 3 is 2.56 bits per heavy atom. The summed E-state index contributed by atoms with van der Waals surface area (Å²) in [6, 6.07) is 14.3. The molecule has 0 saturated carbocycles. The largest absolute Gasteiger partial charge is 0.493 e. The summed E-state index contributed by atoms with van der Waals surface area (Å²) in [5.74, 6) is 1.52. The first-order valence-corrected chi connectivity index (χ1v) is 10.1. The van der Waals surface area contributed by atoms with Crippen LogP contribution in [0.4, 0.5) is 0 Å². The summed E-state index contributed by atoms with van der Waals surface area (Å²) < 4.78 is 16.5. The number of hydrogen-bond donors (Lipinski definition) is 0. The SMILES string of the molecule is C=CCN(Cc1ccc(C#N)cc1)C(=O)c1ccc(OCc2c(C)noc2C)c(OC)c1. The Bertz CT molecular complexity index is 1120. The van der Waals surface area contributed by atoms with Crippen molar-refractivity contribution in [1.29, 1.82) is 5.26 Å². The smallest absolute Gasteiger partial charge is 0.254 e. The van der Waals surface area contributed by atoms with Crippen molar-refractivity contribution >= 4 is 5.91 Å². The molecule has 1 aromatic heterocycles. The first-order chi connectivity index (χ1) is 15.5. The molecule has 0 N–H and O–H groups in total. The summed E-state index contributed by atoms with van der Waals surface area (Å²) in [4.78, 5) is 14.9. The Kier molecular flexibility index (Phi) is 7.29. The van der Waals surface area contributed by atoms with Crippen LogP contribution in [0.3, 0.4) is 0 Å². The second-order valence-electron chi connectivity index (χ2n) is 7.24. The quantitative estimate of drug-likeness (QED) is 0.461. The minimum atomic E-state index is -0.162. The number of aromatic nitrogens is 1. The van der Waals surface area contributed by atoms with E-state index in [0.29, 0.717) is 41.5 Å². The molecule has 32 heavy (non-hydrogen) atoms. The molecule has 1 heterocycles. The minimum absolute atomic E-state index is 0.162. The summed E-state index contributed by atoms with van der Waals surface area (Å²) in [5, 5.41) is 12.9. The van der Waals surface area contributed by atoms with Crippen molar-refractivity contribution in [2.45, 2.75) is 27.0 Å². The van der Waals surface area contributed by atoms with Crippen LogP contribution in [0, 0.1) is 25.2 Å². The Morgan fingerprint density at radius 1 is 1.22 bits per heavy atom. The van der Waals surface area contributed by atoms with Crippen LogP contribution in [0.5, 0.6) is 11.5 Å². The van der Waals surface area contributed by atoms with Gasteiger partial charge in [0.2, 0.25) is 0 Å². The maximum atomic E-state index is 13.2. The summed E-state index contributed by atoms with van der Waals surface area (Å²) in [6.45, 7) is 8.51. The van der Waals surface area contributed by atoms with Crippen LogP contribution in [0.25, 0.3) is 0 Å². The van der Waals surface area contributed by atoms with Gasteiger partial charge in [0.25, 0.3) is 5.91 Å². The molecule has 0 aliphatic carbocycles. The predicted octanol–water partition coefficient (Wildman–Crippen LogP) is 4.58. The van der Waals surface area contributed by atoms with Crippen molar-refractivity contribution in [2.75, 3.05) is 13.7 Å². The van der Waals surface area contributed by atoms with Gasteiger partial charge < -0.3 is 18.9 Å². The molecule has 164 valence electrons. The molecule has 7 heteroatoms. The van der Waals surface area contributed by atoms with Gasteiger partial charge in [-0.25, -0.2) is 0 Å². The molecule has 0 spiro atoms. The van der Waals surface area contributed by atoms with Crippen molar-refractivity contribution in [1.82, 2.24) is 10.1 Å². The number of aryl methyl sites for hydroxylation is 2. The highest BCUT2D eigenvalue weighted by Crippen LogP contribution is 2.30. The fraction of sp³-hybridized carbons (Fsp3) is 0.240. The van der Waals surface area contributed by atoms with Gasteiger partial charge in [0.15, 0.2) is 11.5 Å². The second kappa shape index (κ2) is 10.3. The van der Waals surface area contributed by atoms with Crippen LogP contribution in [0.15, 0.2) is 59.6 Å². The van der Waals surface area contributed by atoms with Gasteiger partial charge in [-0.1, -0.05) is 23.4 Å². The number of amides is 1. The third-order valence-electron chi connectivity index (χ3n) is 5.06. The lowest BCUT2D eigenvalue weighted by Crippen LogP contribution is -2.30. The standard InChI is InChI=1S/C25H25N3O4/c1-5-12-28(15-20-8-6-19(14-26)7-9-20)25(29)21-10-11-23(24(13-21)30-4)31-16-22-17(2)27-32-18(22)3/h5-11,13H,1,12,15-16H2,2-4H3. The maximum Gasteiger partial charge on any atom is 0.254 e. The molecule has 3 aromatic rings. The monoisotopic (exact) mass is 431 g/mol. The molecule has 0 aliphatic rings. The molecule has 1 amide bonds. The number of benzene rings is 2. The van der Waals surface area contributed by atoms with Gasteiger partial charge in [-0.05, 0) is 49.7 Å². The van der Waals surface area contributed by atoms with E-state index < -0.39 is 0 Å². The fourth-order valence-corrected chi connectivity index (χ4v) is 3.24. The normalized spacial score (nSPS) is 10.3. The molecule has 7 nitrogen and oxygen atoms in total. The molecule has 0 radical (unpaired) electrons. The van der Waals surface area contributed by atoms with Crippen LogP contribution in [0.1, 0.15) is 38.5 Å². The summed E-state index contributed by atoms with van der Waals surface area (Å²) in [7, 11) is 1.53. The molecule has 3 rings (SSSR count). The number of carbonyl (C=O) groups is 1. The number of carbonyl (C=O) groups excluding carboxylic acids is 1. The highest BCUT2D eigenvalue weighted by molar-refractivity contribution is 5.95. The zero-order valence-electron chi connectivity index (χ0n) is 18.4. The lowest BCUT2D eigenvalue weighted by Gasteiger charge is -2.22. The van der Waals surface area contributed by atoms with Crippen molar-refractivity contribution in [3.63, 3.8) is 0 Å². The Hall–Kier alpha value is -4.05. The van der Waals surface area contributed by atoms with E-state index in [0.717, 1.165) is 16.8 Å². The average molecular weight is 431 g/mol. The van der Waals surface area contributed by atoms with E-state index in [1.165, 1.54) is 7.11 Å². The van der Waals surface area contributed by atoms with Gasteiger partial charge >= 0.3 is 0 Å². The average Bonchev–Trinajstić information content (AvgIpc) is 3.14. The van der Waals surface area contributed by atoms with E-state index >= 15 is 0 Å². The van der Waals surface area contributed by atoms with Crippen LogP contribution in [0.2, 0.25) is 0 Å². The molecular weight excluding hydrogens is 406 g/mol. The third-order valence-corrected chi connectivity index (χ3v) is 5.06. The van der Waals surface area contributed by atoms with Gasteiger partial charge in [0, 0.05) is 18.7 Å². The molecule has 0 bridgehead atoms. The van der Waals surface area contributed by atoms with Gasteiger partial charge in [0.05, 0.1) is 30.0 Å². The zero-order valence-corrected chi connectivity index (χ0v) is 18.4. The number of nitriles is 1. The fourth-order valence-electron chi connectivity index (χ4n) is 3.24. The van der Waals surface area contributed by atoms with Gasteiger partial charge in [-0.2, -0.15) is 5.26 Å². The molecule has 0 atom stereocenters. The highest BCUT2D eigenvalue weighted by atomic mass is 16.5. The number of methoxy groups -OCH3 is 1. The topological polar surface area (TPSA) is 88.6 Å². The Morgan fingerprint density at radius 2 is 1.97 bits per heavy atom. The zero-order chi connectivity index (χ0) is 23.1. The van der Waals surface area contributed by atoms with E-state index in [1.54, 1.807) is 41.3 Å². The number of rotatable bonds is 9. The van der Waals surface area contributed by atoms with Crippen molar-refractivity contribution in [2.24, 2.45) is 0 Å². The first-order valence-electron chi connectivity index (χ1n) is 10.1. The van der Waals surface area contributed by atoms with Gasteiger partial charge in [-0.15, -0.1) is 6.58 Å². The molecule has 0 saturated heterocycles. The van der Waals surface area contributed by atoms with E-state index in [1.807, 2.05) is 26.0 Å². The first kappa shape index (κ1) is 22.6. The van der Waals surface area contributed by atoms with Crippen molar-refractivity contribution in [3.05, 3.63) is 88.8 Å². The molecular formula is C25H25N3O4. The van der Waals surface area contributed by atoms with E-state index in [4.69, 9.17) is 19.3 Å². The number of nitrogens with zero attached hydrogens (tertiary/aromatic N) is 3. The van der Waals surface area contributed by atoms with Crippen molar-refractivity contribution < 1.29 is 18.8 Å². The lowest BCUT2D eigenvalue weighted by molar-refractivity contribution is 0.0762. The maximum absolute atomic E-state index is 13.2. The summed E-state index contributed by atoms with van der Waals surface area (Å²) in [5.41, 5.74) is 3.63. The molecule has 0 fully saturated rings. The Labute approximate surface area is 187 Å². The van der Waals surface area contributed by atoms with E-state index in [9.17, 15) is 4.79 Å². The van der Waals surface area contributed by atoms with Crippen LogP contribution in [-0.4, -0.2) is 29.6 Å². The van der Waals surface area contributed by atoms with E-state index in [2.05, 4.69) is 17.8 Å². The Balaban J connectivity index is 1.77.